The highest BCUT2D eigenvalue weighted by Gasteiger charge is 2.37. The molecule has 5 nitrogen and oxygen atoms in total. The fraction of sp³-hybridized carbons (Fsp3) is 0.522. The van der Waals surface area contributed by atoms with E-state index < -0.39 is 5.91 Å². The molecule has 1 aromatic rings. The molecule has 0 spiro atoms. The minimum atomic E-state index is -0.399. The van der Waals surface area contributed by atoms with Crippen LogP contribution in [0.15, 0.2) is 29.8 Å². The summed E-state index contributed by atoms with van der Waals surface area (Å²) in [5, 5.41) is 2.97. The molecule has 6 heteroatoms. The van der Waals surface area contributed by atoms with Crippen molar-refractivity contribution in [1.82, 2.24) is 10.2 Å². The summed E-state index contributed by atoms with van der Waals surface area (Å²) in [6.45, 7) is 2.18. The van der Waals surface area contributed by atoms with E-state index in [1.165, 1.54) is 37.8 Å². The minimum absolute atomic E-state index is 0.0955. The smallest absolute Gasteiger partial charge is 0.265 e. The number of carbonyl (C=O) groups excluding carboxylic acids is 2. The number of anilines is 1. The molecule has 0 radical (unpaired) electrons. The second-order valence-electron chi connectivity index (χ2n) is 8.28. The predicted molar refractivity (Wildman–Crippen MR) is 120 cm³/mol. The van der Waals surface area contributed by atoms with E-state index in [1.807, 2.05) is 12.1 Å². The van der Waals surface area contributed by atoms with Crippen LogP contribution in [0.5, 0.6) is 0 Å². The molecule has 1 aromatic carbocycles. The fourth-order valence-corrected chi connectivity index (χ4v) is 4.94. The Morgan fingerprint density at radius 2 is 1.52 bits per heavy atom. The molecule has 154 valence electrons. The first kappa shape index (κ1) is 20.1. The zero-order valence-corrected chi connectivity index (χ0v) is 17.7. The predicted octanol–water partition coefficient (Wildman–Crippen LogP) is 4.03. The zero-order chi connectivity index (χ0) is 20.2. The number of nitrogens with one attached hydrogen (secondary N) is 1. The van der Waals surface area contributed by atoms with Gasteiger partial charge in [0.05, 0.1) is 0 Å². The van der Waals surface area contributed by atoms with Crippen molar-refractivity contribution >= 4 is 40.9 Å². The van der Waals surface area contributed by atoms with Crippen molar-refractivity contribution in [2.75, 3.05) is 18.0 Å². The van der Waals surface area contributed by atoms with Gasteiger partial charge in [-0.1, -0.05) is 44.2 Å². The van der Waals surface area contributed by atoms with E-state index in [0.717, 1.165) is 44.3 Å². The van der Waals surface area contributed by atoms with Crippen LogP contribution in [0.2, 0.25) is 0 Å². The largest absolute Gasteiger partial charge is 0.372 e. The molecule has 2 amide bonds. The number of benzene rings is 1. The average Bonchev–Trinajstić information content (AvgIpc) is 3.02. The van der Waals surface area contributed by atoms with Gasteiger partial charge in [-0.25, -0.2) is 0 Å². The standard InChI is InChI=1S/C23H29N3O2S/c27-21-20(22(28)26(23(29)24-21)19-8-4-3-5-9-19)16-17-10-12-18(13-11-17)25-14-6-1-2-7-15-25/h10-13,16,19H,1-9,14-15H2,(H,24,27,29). The van der Waals surface area contributed by atoms with Gasteiger partial charge in [-0.2, -0.15) is 0 Å². The quantitative estimate of drug-likeness (QED) is 0.464. The third-order valence-corrected chi connectivity index (χ3v) is 6.55. The Morgan fingerprint density at radius 1 is 0.897 bits per heavy atom. The first-order valence-electron chi connectivity index (χ1n) is 10.9. The molecule has 3 fully saturated rings. The van der Waals surface area contributed by atoms with Crippen molar-refractivity contribution in [1.29, 1.82) is 0 Å². The number of hydrogen-bond donors (Lipinski definition) is 1. The number of thiocarbonyl (C=S) groups is 1. The van der Waals surface area contributed by atoms with Crippen molar-refractivity contribution in [3.63, 3.8) is 0 Å². The summed E-state index contributed by atoms with van der Waals surface area (Å²) in [5.41, 5.74) is 2.24. The zero-order valence-electron chi connectivity index (χ0n) is 16.9. The number of carbonyl (C=O) groups is 2. The second-order valence-corrected chi connectivity index (χ2v) is 8.66. The van der Waals surface area contributed by atoms with Gasteiger partial charge in [0.2, 0.25) is 0 Å². The van der Waals surface area contributed by atoms with E-state index in [0.29, 0.717) is 0 Å². The summed E-state index contributed by atoms with van der Waals surface area (Å²) in [5.74, 6) is -0.661. The Bertz CT molecular complexity index is 804. The maximum absolute atomic E-state index is 13.1. The van der Waals surface area contributed by atoms with Crippen molar-refractivity contribution < 1.29 is 9.59 Å². The first-order valence-corrected chi connectivity index (χ1v) is 11.3. The Balaban J connectivity index is 1.53. The van der Waals surface area contributed by atoms with E-state index in [-0.39, 0.29) is 22.6 Å². The van der Waals surface area contributed by atoms with Gasteiger partial charge in [0.1, 0.15) is 5.57 Å². The van der Waals surface area contributed by atoms with Crippen LogP contribution in [0.4, 0.5) is 5.69 Å². The molecule has 1 N–H and O–H groups in total. The van der Waals surface area contributed by atoms with Gasteiger partial charge in [-0.3, -0.25) is 19.8 Å². The Hall–Kier alpha value is -2.21. The van der Waals surface area contributed by atoms with Gasteiger partial charge in [0.25, 0.3) is 11.8 Å². The Kier molecular flexibility index (Phi) is 6.28. The molecule has 29 heavy (non-hydrogen) atoms. The normalized spacial score (nSPS) is 23.3. The summed E-state index contributed by atoms with van der Waals surface area (Å²) in [6.07, 6.45) is 12.1. The highest BCUT2D eigenvalue weighted by Crippen LogP contribution is 2.27. The van der Waals surface area contributed by atoms with Crippen LogP contribution in [0.1, 0.15) is 63.4 Å². The van der Waals surface area contributed by atoms with Gasteiger partial charge in [-0.05, 0) is 61.7 Å². The van der Waals surface area contributed by atoms with Gasteiger partial charge in [0.15, 0.2) is 5.11 Å². The molecule has 0 unspecified atom stereocenters. The first-order chi connectivity index (χ1) is 14.1. The monoisotopic (exact) mass is 411 g/mol. The van der Waals surface area contributed by atoms with E-state index in [2.05, 4.69) is 22.3 Å². The van der Waals surface area contributed by atoms with Gasteiger partial charge in [-0.15, -0.1) is 0 Å². The molecule has 2 aliphatic heterocycles. The molecule has 0 atom stereocenters. The van der Waals surface area contributed by atoms with Gasteiger partial charge >= 0.3 is 0 Å². The van der Waals surface area contributed by atoms with Crippen LogP contribution in [0.25, 0.3) is 6.08 Å². The molecule has 3 aliphatic rings. The topological polar surface area (TPSA) is 52.7 Å². The highest BCUT2D eigenvalue weighted by atomic mass is 32.1. The molecule has 2 saturated heterocycles. The average molecular weight is 412 g/mol. The number of rotatable bonds is 3. The molecule has 1 saturated carbocycles. The Morgan fingerprint density at radius 3 is 2.17 bits per heavy atom. The maximum Gasteiger partial charge on any atom is 0.265 e. The molecule has 2 heterocycles. The van der Waals surface area contributed by atoms with Crippen LogP contribution in [-0.2, 0) is 9.59 Å². The van der Waals surface area contributed by atoms with Crippen molar-refractivity contribution in [2.45, 2.75) is 63.8 Å². The minimum Gasteiger partial charge on any atom is -0.372 e. The van der Waals surface area contributed by atoms with E-state index in [9.17, 15) is 9.59 Å². The summed E-state index contributed by atoms with van der Waals surface area (Å²) in [4.78, 5) is 29.6. The molecule has 1 aliphatic carbocycles. The lowest BCUT2D eigenvalue weighted by Gasteiger charge is -2.37. The molecular weight excluding hydrogens is 382 g/mol. The lowest BCUT2D eigenvalue weighted by molar-refractivity contribution is -0.130. The van der Waals surface area contributed by atoms with Crippen LogP contribution < -0.4 is 10.2 Å². The molecule has 0 bridgehead atoms. The lowest BCUT2D eigenvalue weighted by atomic mass is 9.93. The summed E-state index contributed by atoms with van der Waals surface area (Å²) in [7, 11) is 0. The summed E-state index contributed by atoms with van der Waals surface area (Å²) < 4.78 is 0. The van der Waals surface area contributed by atoms with Crippen LogP contribution in [-0.4, -0.2) is 41.0 Å². The van der Waals surface area contributed by atoms with Gasteiger partial charge < -0.3 is 4.90 Å². The van der Waals surface area contributed by atoms with Crippen molar-refractivity contribution in [3.8, 4) is 0 Å². The molecule has 0 aromatic heterocycles. The van der Waals surface area contributed by atoms with Crippen LogP contribution in [0, 0.1) is 0 Å². The van der Waals surface area contributed by atoms with Crippen LogP contribution in [0.3, 0.4) is 0 Å². The molecular formula is C23H29N3O2S. The van der Waals surface area contributed by atoms with E-state index >= 15 is 0 Å². The van der Waals surface area contributed by atoms with Crippen molar-refractivity contribution in [3.05, 3.63) is 35.4 Å². The number of amides is 2. The highest BCUT2D eigenvalue weighted by molar-refractivity contribution is 7.80. The van der Waals surface area contributed by atoms with E-state index in [1.54, 1.807) is 11.0 Å². The van der Waals surface area contributed by atoms with E-state index in [4.69, 9.17) is 12.2 Å². The fourth-order valence-electron chi connectivity index (χ4n) is 4.62. The third-order valence-electron chi connectivity index (χ3n) is 6.25. The number of hydrogen-bond acceptors (Lipinski definition) is 4. The molecule has 4 rings (SSSR count). The SMILES string of the molecule is O=C1NC(=S)N(C2CCCCC2)C(=O)C1=Cc1ccc(N2CCCCCC2)cc1. The second kappa shape index (κ2) is 9.08. The van der Waals surface area contributed by atoms with Crippen LogP contribution >= 0.6 is 12.2 Å². The Labute approximate surface area is 178 Å². The third kappa shape index (κ3) is 4.53. The van der Waals surface area contributed by atoms with Crippen molar-refractivity contribution in [2.24, 2.45) is 0 Å². The lowest BCUT2D eigenvalue weighted by Crippen LogP contribution is -2.57. The summed E-state index contributed by atoms with van der Waals surface area (Å²) >= 11 is 5.32. The number of nitrogens with zero attached hydrogens (tertiary/aromatic N) is 2. The summed E-state index contributed by atoms with van der Waals surface area (Å²) in [6, 6.07) is 8.26. The maximum atomic E-state index is 13.1. The van der Waals surface area contributed by atoms with Gasteiger partial charge in [0, 0.05) is 24.8 Å².